The van der Waals surface area contributed by atoms with Crippen LogP contribution in [0.3, 0.4) is 0 Å². The normalized spacial score (nSPS) is 34.7. The Hall–Kier alpha value is -0.351. The van der Waals surface area contributed by atoms with E-state index in [0.717, 1.165) is 5.32 Å². The molecule has 0 saturated carbocycles. The van der Waals surface area contributed by atoms with Gasteiger partial charge in [-0.05, 0) is 0 Å². The molecule has 0 aromatic heterocycles. The molecule has 2 aliphatic heterocycles. The standard InChI is InChI=1S/C20H36N2O2Se/c1-17(2)11-10-14(19(5,6)21-17)25-12-13-15(16(23)24-9)20(7,8)22-18(13,3)4/h10-11,13-15,21-22H,12H2,1-9H3/t13-,14?,15+/m0/s1. The van der Waals surface area contributed by atoms with Crippen molar-refractivity contribution in [3.8, 4) is 0 Å². The second-order valence-corrected chi connectivity index (χ2v) is 12.3. The first-order valence-electron chi connectivity index (χ1n) is 9.19. The van der Waals surface area contributed by atoms with Gasteiger partial charge in [0.2, 0.25) is 0 Å². The molecule has 5 heteroatoms. The number of methoxy groups -OCH3 is 1. The molecule has 25 heavy (non-hydrogen) atoms. The van der Waals surface area contributed by atoms with Gasteiger partial charge < -0.3 is 0 Å². The van der Waals surface area contributed by atoms with Gasteiger partial charge in [0.05, 0.1) is 0 Å². The van der Waals surface area contributed by atoms with Crippen molar-refractivity contribution in [3.05, 3.63) is 12.2 Å². The van der Waals surface area contributed by atoms with Crippen molar-refractivity contribution in [2.75, 3.05) is 7.11 Å². The average Bonchev–Trinajstić information content (AvgIpc) is 2.59. The Kier molecular flexibility index (Phi) is 5.59. The van der Waals surface area contributed by atoms with E-state index in [1.165, 1.54) is 7.11 Å². The Bertz CT molecular complexity index is 552. The maximum absolute atomic E-state index is 12.5. The molecule has 2 rings (SSSR count). The van der Waals surface area contributed by atoms with Crippen LogP contribution < -0.4 is 10.6 Å². The number of carbonyl (C=O) groups excluding carboxylic acids is 1. The molecule has 2 N–H and O–H groups in total. The molecule has 2 heterocycles. The van der Waals surface area contributed by atoms with Crippen molar-refractivity contribution < 1.29 is 9.53 Å². The van der Waals surface area contributed by atoms with E-state index >= 15 is 0 Å². The summed E-state index contributed by atoms with van der Waals surface area (Å²) in [5, 5.41) is 8.51. The van der Waals surface area contributed by atoms with Gasteiger partial charge in [-0.25, -0.2) is 0 Å². The molecule has 1 fully saturated rings. The van der Waals surface area contributed by atoms with Crippen LogP contribution in [0.1, 0.15) is 55.4 Å². The molecule has 1 unspecified atom stereocenters. The van der Waals surface area contributed by atoms with Crippen LogP contribution in [0.4, 0.5) is 0 Å². The third-order valence-electron chi connectivity index (χ3n) is 5.70. The maximum atomic E-state index is 12.5. The second kappa shape index (κ2) is 6.67. The fraction of sp³-hybridized carbons (Fsp3) is 0.850. The zero-order valence-electron chi connectivity index (χ0n) is 17.3. The van der Waals surface area contributed by atoms with E-state index in [0.29, 0.717) is 19.8 Å². The number of rotatable bonds is 4. The van der Waals surface area contributed by atoms with Crippen LogP contribution in [0.25, 0.3) is 0 Å². The van der Waals surface area contributed by atoms with Crippen LogP contribution >= 0.6 is 0 Å². The first-order valence-corrected chi connectivity index (χ1v) is 11.4. The van der Waals surface area contributed by atoms with E-state index in [9.17, 15) is 4.79 Å². The molecule has 1 saturated heterocycles. The molecule has 0 bridgehead atoms. The summed E-state index contributed by atoms with van der Waals surface area (Å²) in [6, 6.07) is 0. The number of ether oxygens (including phenoxy) is 1. The van der Waals surface area contributed by atoms with Crippen LogP contribution in [-0.2, 0) is 9.53 Å². The summed E-state index contributed by atoms with van der Waals surface area (Å²) >= 11 is 0.403. The third-order valence-corrected chi connectivity index (χ3v) is 9.18. The molecule has 3 atom stereocenters. The molecule has 0 amide bonds. The van der Waals surface area contributed by atoms with Gasteiger partial charge >= 0.3 is 160 Å². The third kappa shape index (κ3) is 4.32. The topological polar surface area (TPSA) is 50.4 Å². The van der Waals surface area contributed by atoms with Crippen molar-refractivity contribution in [2.45, 2.75) is 87.7 Å². The Morgan fingerprint density at radius 1 is 1.00 bits per heavy atom. The van der Waals surface area contributed by atoms with Crippen LogP contribution in [0.5, 0.6) is 0 Å². The van der Waals surface area contributed by atoms with Crippen LogP contribution in [-0.4, -0.2) is 50.2 Å². The second-order valence-electron chi connectivity index (χ2n) is 9.86. The van der Waals surface area contributed by atoms with Gasteiger partial charge in [-0.3, -0.25) is 0 Å². The predicted octanol–water partition coefficient (Wildman–Crippen LogP) is 3.18. The summed E-state index contributed by atoms with van der Waals surface area (Å²) in [7, 11) is 1.50. The Morgan fingerprint density at radius 2 is 1.60 bits per heavy atom. The fourth-order valence-electron chi connectivity index (χ4n) is 4.79. The van der Waals surface area contributed by atoms with E-state index in [1.807, 2.05) is 0 Å². The number of esters is 1. The van der Waals surface area contributed by atoms with E-state index in [2.05, 4.69) is 78.2 Å². The molecular formula is C20H36N2O2Se. The molecule has 2 aliphatic rings. The summed E-state index contributed by atoms with van der Waals surface area (Å²) in [6.07, 6.45) is 4.69. The van der Waals surface area contributed by atoms with Crippen LogP contribution in [0.15, 0.2) is 12.2 Å². The minimum atomic E-state index is -0.241. The van der Waals surface area contributed by atoms with Crippen molar-refractivity contribution in [3.63, 3.8) is 0 Å². The first kappa shape index (κ1) is 21.0. The van der Waals surface area contributed by atoms with Crippen molar-refractivity contribution in [1.82, 2.24) is 10.6 Å². The van der Waals surface area contributed by atoms with Crippen molar-refractivity contribution in [1.29, 1.82) is 0 Å². The monoisotopic (exact) mass is 416 g/mol. The molecule has 0 aromatic carbocycles. The van der Waals surface area contributed by atoms with Gasteiger partial charge in [-0.1, -0.05) is 0 Å². The Balaban J connectivity index is 2.19. The first-order chi connectivity index (χ1) is 11.2. The molecule has 144 valence electrons. The molecule has 0 aromatic rings. The minimum absolute atomic E-state index is 0.0425. The van der Waals surface area contributed by atoms with E-state index in [-0.39, 0.29) is 40.0 Å². The molecule has 0 radical (unpaired) electrons. The number of nitrogens with one attached hydrogen (secondary N) is 2. The van der Waals surface area contributed by atoms with Crippen molar-refractivity contribution >= 4 is 20.9 Å². The zero-order chi connectivity index (χ0) is 19.3. The fourth-order valence-corrected chi connectivity index (χ4v) is 8.34. The summed E-state index contributed by atoms with van der Waals surface area (Å²) in [4.78, 5) is 13.0. The quantitative estimate of drug-likeness (QED) is 0.421. The summed E-state index contributed by atoms with van der Waals surface area (Å²) < 4.78 is 5.16. The predicted molar refractivity (Wildman–Crippen MR) is 105 cm³/mol. The van der Waals surface area contributed by atoms with Gasteiger partial charge in [-0.2, -0.15) is 0 Å². The number of hydrogen-bond donors (Lipinski definition) is 2. The van der Waals surface area contributed by atoms with Crippen LogP contribution in [0, 0.1) is 11.8 Å². The molecule has 0 spiro atoms. The van der Waals surface area contributed by atoms with E-state index in [1.54, 1.807) is 0 Å². The Morgan fingerprint density at radius 3 is 2.12 bits per heavy atom. The van der Waals surface area contributed by atoms with Gasteiger partial charge in [0, 0.05) is 0 Å². The van der Waals surface area contributed by atoms with Crippen LogP contribution in [0.2, 0.25) is 10.1 Å². The number of hydrogen-bond acceptors (Lipinski definition) is 4. The molecule has 4 nitrogen and oxygen atoms in total. The van der Waals surface area contributed by atoms with Gasteiger partial charge in [0.1, 0.15) is 0 Å². The van der Waals surface area contributed by atoms with Gasteiger partial charge in [0.25, 0.3) is 0 Å². The number of carbonyl (C=O) groups is 1. The molecular weight excluding hydrogens is 379 g/mol. The van der Waals surface area contributed by atoms with Gasteiger partial charge in [-0.15, -0.1) is 0 Å². The van der Waals surface area contributed by atoms with Crippen molar-refractivity contribution in [2.24, 2.45) is 11.8 Å². The summed E-state index contributed by atoms with van der Waals surface area (Å²) in [6.45, 7) is 17.7. The van der Waals surface area contributed by atoms with Gasteiger partial charge in [0.15, 0.2) is 0 Å². The average molecular weight is 415 g/mol. The zero-order valence-corrected chi connectivity index (χ0v) is 19.0. The summed E-state index contributed by atoms with van der Waals surface area (Å²) in [5.41, 5.74) is -0.194. The SMILES string of the molecule is COC(=O)[C@H]1[C@H](C[Se]C2C=CC(C)(C)NC2(C)C)C(C)(C)NC1(C)C. The van der Waals surface area contributed by atoms with E-state index in [4.69, 9.17) is 4.74 Å². The Labute approximate surface area is 160 Å². The molecule has 0 aliphatic carbocycles. The summed E-state index contributed by atoms with van der Waals surface area (Å²) in [5.74, 6) is 0.102. The van der Waals surface area contributed by atoms with E-state index < -0.39 is 0 Å².